The number of hydrogen-bond donors (Lipinski definition) is 2. The van der Waals surface area contributed by atoms with Gasteiger partial charge in [-0.2, -0.15) is 0 Å². The second-order valence-corrected chi connectivity index (χ2v) is 5.05. The molecule has 22 heavy (non-hydrogen) atoms. The lowest BCUT2D eigenvalue weighted by Gasteiger charge is -2.11. The maximum absolute atomic E-state index is 11.4. The van der Waals surface area contributed by atoms with Crippen molar-refractivity contribution in [3.63, 3.8) is 0 Å². The lowest BCUT2D eigenvalue weighted by Crippen LogP contribution is -2.09. The average Bonchev–Trinajstić information content (AvgIpc) is 2.49. The zero-order valence-electron chi connectivity index (χ0n) is 12.3. The minimum atomic E-state index is -0.500. The summed E-state index contributed by atoms with van der Waals surface area (Å²) in [5, 5.41) is 17.8. The zero-order chi connectivity index (χ0) is 16.1. The third-order valence-corrected chi connectivity index (χ3v) is 3.48. The van der Waals surface area contributed by atoms with Gasteiger partial charge in [-0.3, -0.25) is 10.1 Å². The predicted molar refractivity (Wildman–Crippen MR) is 86.9 cm³/mol. The molecule has 0 spiro atoms. The van der Waals surface area contributed by atoms with Crippen LogP contribution in [0.1, 0.15) is 18.9 Å². The van der Waals surface area contributed by atoms with E-state index in [2.05, 4.69) is 20.6 Å². The van der Waals surface area contributed by atoms with Crippen molar-refractivity contribution in [3.8, 4) is 0 Å². The van der Waals surface area contributed by atoms with E-state index in [1.165, 1.54) is 6.33 Å². The summed E-state index contributed by atoms with van der Waals surface area (Å²) in [6.45, 7) is 4.38. The average molecular weight is 322 g/mol. The van der Waals surface area contributed by atoms with Gasteiger partial charge in [0.05, 0.1) is 4.92 Å². The molecule has 0 atom stereocenters. The minimum Gasteiger partial charge on any atom is -0.364 e. The lowest BCUT2D eigenvalue weighted by atomic mass is 10.2. The van der Waals surface area contributed by atoms with Gasteiger partial charge < -0.3 is 10.6 Å². The van der Waals surface area contributed by atoms with E-state index in [0.29, 0.717) is 17.3 Å². The van der Waals surface area contributed by atoms with Gasteiger partial charge in [-0.1, -0.05) is 24.6 Å². The number of nitrogens with one attached hydrogen (secondary N) is 2. The Bertz CT molecular complexity index is 693. The van der Waals surface area contributed by atoms with Crippen LogP contribution in [-0.4, -0.2) is 21.4 Å². The highest BCUT2D eigenvalue weighted by Gasteiger charge is 2.23. The molecule has 1 aromatic carbocycles. The van der Waals surface area contributed by atoms with Gasteiger partial charge in [0, 0.05) is 17.3 Å². The van der Waals surface area contributed by atoms with Crippen molar-refractivity contribution < 1.29 is 4.92 Å². The summed E-state index contributed by atoms with van der Waals surface area (Å²) in [5.41, 5.74) is 1.27. The van der Waals surface area contributed by atoms with Gasteiger partial charge in [-0.25, -0.2) is 9.97 Å². The monoisotopic (exact) mass is 321 g/mol. The molecule has 0 saturated heterocycles. The molecule has 0 amide bonds. The van der Waals surface area contributed by atoms with Gasteiger partial charge in [0.25, 0.3) is 0 Å². The van der Waals surface area contributed by atoms with Crippen molar-refractivity contribution in [3.05, 3.63) is 45.2 Å². The number of nitro groups is 1. The number of aromatic nitrogens is 2. The molecular weight excluding hydrogens is 306 g/mol. The molecule has 2 rings (SSSR count). The highest BCUT2D eigenvalue weighted by molar-refractivity contribution is 6.31. The van der Waals surface area contributed by atoms with Crippen LogP contribution in [-0.2, 0) is 0 Å². The summed E-state index contributed by atoms with van der Waals surface area (Å²) in [7, 11) is 0. The third kappa shape index (κ3) is 3.43. The van der Waals surface area contributed by atoms with Crippen LogP contribution in [0.4, 0.5) is 23.0 Å². The summed E-state index contributed by atoms with van der Waals surface area (Å²) in [6.07, 6.45) is 2.12. The van der Waals surface area contributed by atoms with E-state index in [0.717, 1.165) is 12.0 Å². The van der Waals surface area contributed by atoms with Crippen molar-refractivity contribution in [1.82, 2.24) is 9.97 Å². The Hall–Kier alpha value is -2.41. The number of nitrogens with zero attached hydrogens (tertiary/aromatic N) is 3. The van der Waals surface area contributed by atoms with Crippen LogP contribution in [0.5, 0.6) is 0 Å². The van der Waals surface area contributed by atoms with E-state index in [1.807, 2.05) is 13.8 Å². The molecule has 0 aliphatic carbocycles. The molecule has 2 N–H and O–H groups in total. The van der Waals surface area contributed by atoms with Crippen LogP contribution in [0.15, 0.2) is 24.5 Å². The largest absolute Gasteiger partial charge is 0.364 e. The third-order valence-electron chi connectivity index (χ3n) is 3.07. The Morgan fingerprint density at radius 1 is 1.32 bits per heavy atom. The molecule has 7 nitrogen and oxygen atoms in total. The first-order chi connectivity index (χ1) is 10.5. The highest BCUT2D eigenvalue weighted by atomic mass is 35.5. The molecule has 0 radical (unpaired) electrons. The normalized spacial score (nSPS) is 10.3. The fourth-order valence-electron chi connectivity index (χ4n) is 1.89. The number of hydrogen-bond acceptors (Lipinski definition) is 6. The van der Waals surface area contributed by atoms with E-state index >= 15 is 0 Å². The van der Waals surface area contributed by atoms with E-state index < -0.39 is 4.92 Å². The first kappa shape index (κ1) is 16.0. The lowest BCUT2D eigenvalue weighted by molar-refractivity contribution is -0.383. The Morgan fingerprint density at radius 3 is 2.73 bits per heavy atom. The number of anilines is 3. The van der Waals surface area contributed by atoms with Crippen molar-refractivity contribution in [1.29, 1.82) is 0 Å². The Balaban J connectivity index is 2.42. The summed E-state index contributed by atoms with van der Waals surface area (Å²) in [6, 6.07) is 5.30. The Kier molecular flexibility index (Phi) is 5.11. The maximum Gasteiger partial charge on any atom is 0.353 e. The van der Waals surface area contributed by atoms with Gasteiger partial charge in [0.1, 0.15) is 6.33 Å². The zero-order valence-corrected chi connectivity index (χ0v) is 13.0. The van der Waals surface area contributed by atoms with Crippen molar-refractivity contribution in [2.45, 2.75) is 20.3 Å². The van der Waals surface area contributed by atoms with Crippen molar-refractivity contribution in [2.75, 3.05) is 17.2 Å². The van der Waals surface area contributed by atoms with E-state index in [1.54, 1.807) is 18.2 Å². The summed E-state index contributed by atoms with van der Waals surface area (Å²) in [5.74, 6) is 0.327. The quantitative estimate of drug-likeness (QED) is 0.619. The first-order valence-corrected chi connectivity index (χ1v) is 7.17. The summed E-state index contributed by atoms with van der Waals surface area (Å²) >= 11 is 6.06. The molecule has 1 aromatic heterocycles. The van der Waals surface area contributed by atoms with Crippen LogP contribution in [0.3, 0.4) is 0 Å². The van der Waals surface area contributed by atoms with E-state index in [4.69, 9.17) is 11.6 Å². The van der Waals surface area contributed by atoms with Gasteiger partial charge in [0.15, 0.2) is 0 Å². The summed E-state index contributed by atoms with van der Waals surface area (Å²) in [4.78, 5) is 18.8. The number of benzene rings is 1. The number of halogens is 1. The van der Waals surface area contributed by atoms with Crippen LogP contribution >= 0.6 is 11.6 Å². The van der Waals surface area contributed by atoms with Crippen LogP contribution in [0.25, 0.3) is 0 Å². The molecule has 1 heterocycles. The molecule has 8 heteroatoms. The molecule has 0 aliphatic rings. The standard InChI is InChI=1S/C14H16ClN5O2/c1-3-7-16-13-12(20(21)22)14(18-8-17-13)19-11-6-4-5-10(15)9(11)2/h4-6,8H,3,7H2,1-2H3,(H2,16,17,18,19). The molecule has 0 unspecified atom stereocenters. The van der Waals surface area contributed by atoms with Gasteiger partial charge in [0.2, 0.25) is 11.6 Å². The fraction of sp³-hybridized carbons (Fsp3) is 0.286. The molecule has 116 valence electrons. The van der Waals surface area contributed by atoms with Crippen molar-refractivity contribution in [2.24, 2.45) is 0 Å². The highest BCUT2D eigenvalue weighted by Crippen LogP contribution is 2.33. The summed E-state index contributed by atoms with van der Waals surface area (Å²) < 4.78 is 0. The van der Waals surface area contributed by atoms with Crippen LogP contribution in [0.2, 0.25) is 5.02 Å². The molecule has 0 bridgehead atoms. The Morgan fingerprint density at radius 2 is 2.05 bits per heavy atom. The fourth-order valence-corrected chi connectivity index (χ4v) is 2.06. The van der Waals surface area contributed by atoms with Crippen LogP contribution in [0, 0.1) is 17.0 Å². The van der Waals surface area contributed by atoms with Crippen LogP contribution < -0.4 is 10.6 Å². The van der Waals surface area contributed by atoms with Crippen molar-refractivity contribution >= 4 is 34.6 Å². The maximum atomic E-state index is 11.4. The second-order valence-electron chi connectivity index (χ2n) is 4.64. The van der Waals surface area contributed by atoms with Gasteiger partial charge >= 0.3 is 5.69 Å². The Labute approximate surface area is 132 Å². The topological polar surface area (TPSA) is 93.0 Å². The molecule has 2 aromatic rings. The smallest absolute Gasteiger partial charge is 0.353 e. The number of rotatable bonds is 6. The minimum absolute atomic E-state index is 0.129. The molecule has 0 saturated carbocycles. The van der Waals surface area contributed by atoms with Gasteiger partial charge in [-0.05, 0) is 31.0 Å². The molecular formula is C14H16ClN5O2. The molecule has 0 aliphatic heterocycles. The molecule has 0 fully saturated rings. The van der Waals surface area contributed by atoms with E-state index in [9.17, 15) is 10.1 Å². The van der Waals surface area contributed by atoms with Gasteiger partial charge in [-0.15, -0.1) is 0 Å². The predicted octanol–water partition coefficient (Wildman–Crippen LogP) is 3.91. The van der Waals surface area contributed by atoms with E-state index in [-0.39, 0.29) is 17.3 Å². The SMILES string of the molecule is CCCNc1ncnc(Nc2cccc(Cl)c2C)c1[N+](=O)[O-]. The first-order valence-electron chi connectivity index (χ1n) is 6.80. The second kappa shape index (κ2) is 7.04.